The quantitative estimate of drug-likeness (QED) is 0.230. The van der Waals surface area contributed by atoms with E-state index in [-0.39, 0.29) is 0 Å². The number of methoxy groups -OCH3 is 2. The number of aromatic nitrogens is 3. The summed E-state index contributed by atoms with van der Waals surface area (Å²) in [5, 5.41) is 5.72. The maximum atomic E-state index is 12.0. The van der Waals surface area contributed by atoms with Gasteiger partial charge in [0.25, 0.3) is 0 Å². The van der Waals surface area contributed by atoms with E-state index >= 15 is 0 Å². The summed E-state index contributed by atoms with van der Waals surface area (Å²) in [4.78, 5) is 4.56. The molecule has 0 saturated heterocycles. The fourth-order valence-corrected chi connectivity index (χ4v) is 6.17. The van der Waals surface area contributed by atoms with Crippen LogP contribution in [0.15, 0.2) is 79.1 Å². The molecule has 0 amide bonds. The van der Waals surface area contributed by atoms with Gasteiger partial charge in [-0.1, -0.05) is 19.1 Å². The third kappa shape index (κ3) is 5.65. The van der Waals surface area contributed by atoms with Crippen LogP contribution in [0.5, 0.6) is 17.4 Å². The smallest absolute Gasteiger partial charge is 0.229 e. The fraction of sp³-hybridized carbons (Fsp3) is 0.212. The molecule has 0 spiro atoms. The summed E-state index contributed by atoms with van der Waals surface area (Å²) in [7, 11) is -0.147. The van der Waals surface area contributed by atoms with E-state index in [1.54, 1.807) is 26.5 Å². The highest BCUT2D eigenvalue weighted by atomic mass is 32.2. The van der Waals surface area contributed by atoms with Gasteiger partial charge in [0.1, 0.15) is 18.1 Å². The summed E-state index contributed by atoms with van der Waals surface area (Å²) in [5.41, 5.74) is 8.33. The molecule has 1 aliphatic rings. The van der Waals surface area contributed by atoms with Gasteiger partial charge >= 0.3 is 0 Å². The molecule has 0 aliphatic carbocycles. The summed E-state index contributed by atoms with van der Waals surface area (Å²) in [6.45, 7) is 2.95. The number of hydrogen-bond donors (Lipinski definition) is 1. The van der Waals surface area contributed by atoms with Gasteiger partial charge in [0.05, 0.1) is 38.7 Å². The Bertz CT molecular complexity index is 1980. The molecule has 2 aromatic heterocycles. The molecule has 3 aromatic carbocycles. The minimum absolute atomic E-state index is 0.336. The van der Waals surface area contributed by atoms with Gasteiger partial charge in [-0.15, -0.1) is 0 Å². The van der Waals surface area contributed by atoms with Crippen molar-refractivity contribution >= 4 is 37.8 Å². The van der Waals surface area contributed by atoms with Crippen LogP contribution < -0.4 is 18.9 Å². The molecule has 6 rings (SSSR count). The van der Waals surface area contributed by atoms with Gasteiger partial charge in [0.15, 0.2) is 0 Å². The summed E-state index contributed by atoms with van der Waals surface area (Å²) in [6, 6.07) is 21.5. The molecule has 0 bridgehead atoms. The number of ether oxygens (including phenoxy) is 3. The van der Waals surface area contributed by atoms with Crippen LogP contribution in [-0.2, 0) is 23.2 Å². The summed E-state index contributed by atoms with van der Waals surface area (Å²) in [5.74, 6) is 2.01. The third-order valence-corrected chi connectivity index (χ3v) is 8.13. The molecular formula is C33H32N4O5S. The molecule has 5 aromatic rings. The lowest BCUT2D eigenvalue weighted by Gasteiger charge is -2.18. The second-order valence-corrected chi connectivity index (χ2v) is 12.1. The number of pyridine rings is 1. The van der Waals surface area contributed by atoms with Crippen molar-refractivity contribution in [3.63, 3.8) is 0 Å². The van der Waals surface area contributed by atoms with Crippen LogP contribution in [-0.4, -0.2) is 43.7 Å². The van der Waals surface area contributed by atoms with Crippen molar-refractivity contribution in [2.75, 3.05) is 25.2 Å². The van der Waals surface area contributed by atoms with Gasteiger partial charge in [-0.3, -0.25) is 9.40 Å². The molecule has 0 saturated carbocycles. The molecule has 1 aliphatic heterocycles. The number of nitrogens with zero attached hydrogens (tertiary/aromatic N) is 3. The molecule has 220 valence electrons. The van der Waals surface area contributed by atoms with Crippen molar-refractivity contribution < 1.29 is 22.6 Å². The van der Waals surface area contributed by atoms with E-state index in [0.717, 1.165) is 67.6 Å². The number of anilines is 1. The fourth-order valence-electron chi connectivity index (χ4n) is 5.61. The van der Waals surface area contributed by atoms with Crippen molar-refractivity contribution in [3.05, 3.63) is 107 Å². The SMILES string of the molecule is CC/C(=C1\c2cc3cnn(Cc4ccc(OC)cc4OC)c3cc2COc2ncccc21)c1cccc(NS(C)(=O)=O)c1. The molecule has 0 radical (unpaired) electrons. The minimum atomic E-state index is -3.43. The lowest BCUT2D eigenvalue weighted by Crippen LogP contribution is -2.09. The van der Waals surface area contributed by atoms with Crippen molar-refractivity contribution in [1.82, 2.24) is 14.8 Å². The first kappa shape index (κ1) is 28.3. The Morgan fingerprint density at radius 1 is 1.02 bits per heavy atom. The zero-order valence-corrected chi connectivity index (χ0v) is 25.2. The maximum Gasteiger partial charge on any atom is 0.229 e. The van der Waals surface area contributed by atoms with Gasteiger partial charge in [0, 0.05) is 34.5 Å². The highest BCUT2D eigenvalue weighted by molar-refractivity contribution is 7.92. The van der Waals surface area contributed by atoms with E-state index in [9.17, 15) is 8.42 Å². The molecule has 0 fully saturated rings. The van der Waals surface area contributed by atoms with Crippen LogP contribution in [0.25, 0.3) is 22.0 Å². The van der Waals surface area contributed by atoms with Crippen molar-refractivity contribution in [3.8, 4) is 17.4 Å². The molecule has 0 unspecified atom stereocenters. The van der Waals surface area contributed by atoms with Gasteiger partial charge < -0.3 is 14.2 Å². The first-order chi connectivity index (χ1) is 20.8. The van der Waals surface area contributed by atoms with E-state index in [1.165, 1.54) is 0 Å². The van der Waals surface area contributed by atoms with E-state index in [0.29, 0.717) is 31.1 Å². The average Bonchev–Trinajstić information content (AvgIpc) is 3.31. The zero-order valence-electron chi connectivity index (χ0n) is 24.4. The first-order valence-electron chi connectivity index (χ1n) is 13.9. The van der Waals surface area contributed by atoms with Crippen molar-refractivity contribution in [1.29, 1.82) is 0 Å². The largest absolute Gasteiger partial charge is 0.497 e. The molecule has 10 heteroatoms. The zero-order chi connectivity index (χ0) is 30.1. The third-order valence-electron chi connectivity index (χ3n) is 7.52. The lowest BCUT2D eigenvalue weighted by molar-refractivity contribution is 0.295. The molecule has 3 heterocycles. The second kappa shape index (κ2) is 11.4. The van der Waals surface area contributed by atoms with Crippen LogP contribution >= 0.6 is 0 Å². The molecule has 9 nitrogen and oxygen atoms in total. The number of hydrogen-bond acceptors (Lipinski definition) is 7. The Kier molecular flexibility index (Phi) is 7.53. The standard InChI is InChI=1S/C33H32N4O5S/c1-5-27(21-8-6-9-25(14-21)36-43(4,38)39)32-28-10-7-13-34-33(28)42-20-24-16-30-23(15-29(24)32)18-35-37(30)19-22-11-12-26(40-2)17-31(22)41-3/h6-18,36H,5,19-20H2,1-4H3/b32-27+. The van der Waals surface area contributed by atoms with E-state index < -0.39 is 10.0 Å². The maximum absolute atomic E-state index is 12.0. The normalized spacial score (nSPS) is 13.9. The second-order valence-electron chi connectivity index (χ2n) is 10.4. The average molecular weight is 597 g/mol. The van der Waals surface area contributed by atoms with Gasteiger partial charge in [-0.2, -0.15) is 5.10 Å². The molecule has 1 N–H and O–H groups in total. The number of rotatable bonds is 8. The number of sulfonamides is 1. The number of benzene rings is 3. The van der Waals surface area contributed by atoms with Crippen molar-refractivity contribution in [2.45, 2.75) is 26.5 Å². The van der Waals surface area contributed by atoms with E-state index in [2.05, 4.69) is 28.8 Å². The number of allylic oxidation sites excluding steroid dienone is 1. The highest BCUT2D eigenvalue weighted by Crippen LogP contribution is 2.43. The Hall–Kier alpha value is -4.83. The first-order valence-corrected chi connectivity index (χ1v) is 15.8. The van der Waals surface area contributed by atoms with Crippen LogP contribution in [0, 0.1) is 0 Å². The van der Waals surface area contributed by atoms with Crippen LogP contribution in [0.4, 0.5) is 5.69 Å². The van der Waals surface area contributed by atoms with Crippen LogP contribution in [0.2, 0.25) is 0 Å². The Labute approximate surface area is 250 Å². The minimum Gasteiger partial charge on any atom is -0.497 e. The highest BCUT2D eigenvalue weighted by Gasteiger charge is 2.25. The topological polar surface area (TPSA) is 105 Å². The Morgan fingerprint density at radius 2 is 1.88 bits per heavy atom. The van der Waals surface area contributed by atoms with Crippen LogP contribution in [0.3, 0.4) is 0 Å². The van der Waals surface area contributed by atoms with E-state index in [4.69, 9.17) is 19.3 Å². The molecule has 43 heavy (non-hydrogen) atoms. The Balaban J connectivity index is 1.52. The summed E-state index contributed by atoms with van der Waals surface area (Å²) < 4.78 is 45.7. The Morgan fingerprint density at radius 3 is 2.65 bits per heavy atom. The van der Waals surface area contributed by atoms with Crippen molar-refractivity contribution in [2.24, 2.45) is 0 Å². The molecular weight excluding hydrogens is 564 g/mol. The van der Waals surface area contributed by atoms with E-state index in [1.807, 2.05) is 59.4 Å². The monoisotopic (exact) mass is 596 g/mol. The molecule has 0 atom stereocenters. The number of nitrogens with one attached hydrogen (secondary N) is 1. The number of fused-ring (bicyclic) bond motifs is 3. The summed E-state index contributed by atoms with van der Waals surface area (Å²) >= 11 is 0. The lowest BCUT2D eigenvalue weighted by atomic mass is 9.86. The van der Waals surface area contributed by atoms with Crippen LogP contribution in [0.1, 0.15) is 41.2 Å². The predicted molar refractivity (Wildman–Crippen MR) is 168 cm³/mol. The van der Waals surface area contributed by atoms with Gasteiger partial charge in [-0.25, -0.2) is 13.4 Å². The van der Waals surface area contributed by atoms with Gasteiger partial charge in [-0.05, 0) is 82.8 Å². The predicted octanol–water partition coefficient (Wildman–Crippen LogP) is 6.13. The van der Waals surface area contributed by atoms with Gasteiger partial charge in [0.2, 0.25) is 15.9 Å². The summed E-state index contributed by atoms with van der Waals surface area (Å²) in [6.07, 6.45) is 5.45.